The number of rotatable bonds is 4. The van der Waals surface area contributed by atoms with Gasteiger partial charge < -0.3 is 10.0 Å². The van der Waals surface area contributed by atoms with Crippen LogP contribution in [-0.2, 0) is 11.3 Å². The molecule has 0 aromatic heterocycles. The summed E-state index contributed by atoms with van der Waals surface area (Å²) in [6, 6.07) is 12.0. The fourth-order valence-electron chi connectivity index (χ4n) is 1.98. The van der Waals surface area contributed by atoms with Crippen LogP contribution in [0.2, 0.25) is 0 Å². The highest BCUT2D eigenvalue weighted by Gasteiger charge is 2.21. The fraction of sp³-hybridized carbons (Fsp3) is 0.188. The second-order valence-electron chi connectivity index (χ2n) is 4.76. The number of aliphatic hydroxyl groups excluding tert-OH is 1. The van der Waals surface area contributed by atoms with Gasteiger partial charge in [-0.05, 0) is 23.3 Å². The Kier molecular flexibility index (Phi) is 4.65. The smallest absolute Gasteiger partial charge is 0.256 e. The van der Waals surface area contributed by atoms with E-state index in [0.29, 0.717) is 11.1 Å². The molecule has 1 atom stereocenters. The monoisotopic (exact) mass is 291 g/mol. The molecular formula is C16H15F2NO2. The van der Waals surface area contributed by atoms with Gasteiger partial charge in [-0.25, -0.2) is 8.78 Å². The molecule has 0 spiro atoms. The fourth-order valence-corrected chi connectivity index (χ4v) is 1.98. The summed E-state index contributed by atoms with van der Waals surface area (Å²) in [5.74, 6) is -2.40. The third kappa shape index (κ3) is 3.64. The highest BCUT2D eigenvalue weighted by molar-refractivity contribution is 5.81. The van der Waals surface area contributed by atoms with Crippen LogP contribution in [0.3, 0.4) is 0 Å². The maximum Gasteiger partial charge on any atom is 0.256 e. The van der Waals surface area contributed by atoms with E-state index >= 15 is 0 Å². The molecular weight excluding hydrogens is 276 g/mol. The third-order valence-electron chi connectivity index (χ3n) is 3.13. The largest absolute Gasteiger partial charge is 0.378 e. The molecule has 0 fully saturated rings. The molecule has 1 amide bonds. The van der Waals surface area contributed by atoms with E-state index in [2.05, 4.69) is 0 Å². The summed E-state index contributed by atoms with van der Waals surface area (Å²) in [4.78, 5) is 13.4. The average Bonchev–Trinajstić information content (AvgIpc) is 2.50. The molecule has 5 heteroatoms. The minimum absolute atomic E-state index is 0.0833. The molecule has 21 heavy (non-hydrogen) atoms. The summed E-state index contributed by atoms with van der Waals surface area (Å²) in [6.07, 6.45) is -1.28. The first-order valence-electron chi connectivity index (χ1n) is 6.41. The second-order valence-corrected chi connectivity index (χ2v) is 4.76. The Balaban J connectivity index is 2.07. The van der Waals surface area contributed by atoms with E-state index < -0.39 is 23.6 Å². The van der Waals surface area contributed by atoms with Crippen LogP contribution in [-0.4, -0.2) is 23.0 Å². The molecule has 0 saturated carbocycles. The van der Waals surface area contributed by atoms with Crippen molar-refractivity contribution in [2.24, 2.45) is 0 Å². The number of carbonyl (C=O) groups is 1. The molecule has 3 nitrogen and oxygen atoms in total. The maximum atomic E-state index is 13.1. The number of aliphatic hydroxyl groups is 1. The molecule has 0 heterocycles. The number of hydrogen-bond acceptors (Lipinski definition) is 2. The van der Waals surface area contributed by atoms with Crippen molar-refractivity contribution in [1.29, 1.82) is 0 Å². The molecule has 110 valence electrons. The molecule has 2 rings (SSSR count). The van der Waals surface area contributed by atoms with E-state index in [1.54, 1.807) is 30.3 Å². The highest BCUT2D eigenvalue weighted by atomic mass is 19.2. The molecule has 0 unspecified atom stereocenters. The zero-order chi connectivity index (χ0) is 15.4. The van der Waals surface area contributed by atoms with E-state index in [0.717, 1.165) is 12.1 Å². The Morgan fingerprint density at radius 3 is 2.43 bits per heavy atom. The first-order chi connectivity index (χ1) is 9.99. The van der Waals surface area contributed by atoms with Crippen LogP contribution in [0.4, 0.5) is 8.78 Å². The van der Waals surface area contributed by atoms with Crippen LogP contribution in [0, 0.1) is 11.6 Å². The molecule has 0 saturated heterocycles. The van der Waals surface area contributed by atoms with E-state index in [9.17, 15) is 18.7 Å². The van der Waals surface area contributed by atoms with Crippen molar-refractivity contribution in [3.05, 3.63) is 71.3 Å². The standard InChI is InChI=1S/C16H15F2NO2/c1-19(10-11-7-8-13(17)14(18)9-11)16(21)15(20)12-5-3-2-4-6-12/h2-9,15,20H,10H2,1H3/t15-/m1/s1. The van der Waals surface area contributed by atoms with E-state index in [-0.39, 0.29) is 6.54 Å². The predicted octanol–water partition coefficient (Wildman–Crippen LogP) is 2.66. The molecule has 0 radical (unpaired) electrons. The number of nitrogens with zero attached hydrogens (tertiary/aromatic N) is 1. The van der Waals surface area contributed by atoms with E-state index in [4.69, 9.17) is 0 Å². The lowest BCUT2D eigenvalue weighted by Crippen LogP contribution is -2.31. The normalized spacial score (nSPS) is 12.0. The molecule has 0 aliphatic carbocycles. The SMILES string of the molecule is CN(Cc1ccc(F)c(F)c1)C(=O)[C@H](O)c1ccccc1. The van der Waals surface area contributed by atoms with Gasteiger partial charge in [-0.2, -0.15) is 0 Å². The Hall–Kier alpha value is -2.27. The minimum atomic E-state index is -1.28. The highest BCUT2D eigenvalue weighted by Crippen LogP contribution is 2.17. The van der Waals surface area contributed by atoms with Crippen molar-refractivity contribution in [3.63, 3.8) is 0 Å². The lowest BCUT2D eigenvalue weighted by Gasteiger charge is -2.21. The summed E-state index contributed by atoms with van der Waals surface area (Å²) in [5.41, 5.74) is 0.935. The Labute approximate surface area is 121 Å². The first-order valence-corrected chi connectivity index (χ1v) is 6.41. The van der Waals surface area contributed by atoms with Gasteiger partial charge in [0.1, 0.15) is 0 Å². The number of amides is 1. The molecule has 1 N–H and O–H groups in total. The Morgan fingerprint density at radius 1 is 1.14 bits per heavy atom. The van der Waals surface area contributed by atoms with Crippen LogP contribution < -0.4 is 0 Å². The van der Waals surface area contributed by atoms with Crippen LogP contribution in [0.25, 0.3) is 0 Å². The van der Waals surface area contributed by atoms with Gasteiger partial charge in [-0.15, -0.1) is 0 Å². The van der Waals surface area contributed by atoms with Gasteiger partial charge in [0.05, 0.1) is 0 Å². The Bertz CT molecular complexity index is 631. The minimum Gasteiger partial charge on any atom is -0.378 e. The van der Waals surface area contributed by atoms with Crippen molar-refractivity contribution < 1.29 is 18.7 Å². The molecule has 0 aliphatic heterocycles. The summed E-state index contributed by atoms with van der Waals surface area (Å²) in [7, 11) is 1.50. The zero-order valence-corrected chi connectivity index (χ0v) is 11.5. The van der Waals surface area contributed by atoms with Crippen LogP contribution >= 0.6 is 0 Å². The molecule has 0 bridgehead atoms. The predicted molar refractivity (Wildman–Crippen MR) is 74.2 cm³/mol. The van der Waals surface area contributed by atoms with Crippen LogP contribution in [0.1, 0.15) is 17.2 Å². The van der Waals surface area contributed by atoms with Gasteiger partial charge in [0.2, 0.25) is 0 Å². The van der Waals surface area contributed by atoms with Crippen LogP contribution in [0.15, 0.2) is 48.5 Å². The second kappa shape index (κ2) is 6.45. The van der Waals surface area contributed by atoms with Crippen molar-refractivity contribution in [2.45, 2.75) is 12.6 Å². The number of likely N-dealkylation sites (N-methyl/N-ethyl adjacent to an activating group) is 1. The van der Waals surface area contributed by atoms with Crippen molar-refractivity contribution in [2.75, 3.05) is 7.05 Å². The van der Waals surface area contributed by atoms with Crippen LogP contribution in [0.5, 0.6) is 0 Å². The van der Waals surface area contributed by atoms with Gasteiger partial charge >= 0.3 is 0 Å². The number of halogens is 2. The summed E-state index contributed by atoms with van der Waals surface area (Å²) < 4.78 is 26.0. The van der Waals surface area contributed by atoms with Gasteiger partial charge in [-0.1, -0.05) is 36.4 Å². The average molecular weight is 291 g/mol. The lowest BCUT2D eigenvalue weighted by molar-refractivity contribution is -0.139. The number of benzene rings is 2. The summed E-state index contributed by atoms with van der Waals surface area (Å²) >= 11 is 0. The van der Waals surface area contributed by atoms with Gasteiger partial charge in [0, 0.05) is 13.6 Å². The molecule has 2 aromatic rings. The first kappa shape index (κ1) is 15.1. The number of carbonyl (C=O) groups excluding carboxylic acids is 1. The molecule has 0 aliphatic rings. The summed E-state index contributed by atoms with van der Waals surface area (Å²) in [5, 5.41) is 10.0. The zero-order valence-electron chi connectivity index (χ0n) is 11.5. The van der Waals surface area contributed by atoms with Gasteiger partial charge in [0.15, 0.2) is 17.7 Å². The third-order valence-corrected chi connectivity index (χ3v) is 3.13. The van der Waals surface area contributed by atoms with Gasteiger partial charge in [0.25, 0.3) is 5.91 Å². The van der Waals surface area contributed by atoms with Crippen molar-refractivity contribution in [1.82, 2.24) is 4.90 Å². The quantitative estimate of drug-likeness (QED) is 0.941. The van der Waals surface area contributed by atoms with Gasteiger partial charge in [-0.3, -0.25) is 4.79 Å². The topological polar surface area (TPSA) is 40.5 Å². The maximum absolute atomic E-state index is 13.1. The van der Waals surface area contributed by atoms with Crippen molar-refractivity contribution >= 4 is 5.91 Å². The number of hydrogen-bond donors (Lipinski definition) is 1. The van der Waals surface area contributed by atoms with E-state index in [1.165, 1.54) is 18.0 Å². The Morgan fingerprint density at radius 2 is 1.81 bits per heavy atom. The van der Waals surface area contributed by atoms with E-state index in [1.807, 2.05) is 0 Å². The molecule has 2 aromatic carbocycles. The lowest BCUT2D eigenvalue weighted by atomic mass is 10.1. The summed E-state index contributed by atoms with van der Waals surface area (Å²) in [6.45, 7) is 0.0833. The van der Waals surface area contributed by atoms with Crippen molar-refractivity contribution in [3.8, 4) is 0 Å².